The zero-order chi connectivity index (χ0) is 20.4. The fraction of sp³-hybridized carbons (Fsp3) is 0.600. The Morgan fingerprint density at radius 1 is 1.32 bits per heavy atom. The minimum atomic E-state index is -4.90. The number of alkyl halides is 3. The van der Waals surface area contributed by atoms with Gasteiger partial charge < -0.3 is 15.5 Å². The first-order valence-corrected chi connectivity index (χ1v) is 9.73. The fourth-order valence-corrected chi connectivity index (χ4v) is 4.42. The molecular weight excluding hydrogens is 371 g/mol. The van der Waals surface area contributed by atoms with Crippen LogP contribution in [-0.2, 0) is 16.1 Å². The van der Waals surface area contributed by atoms with E-state index in [9.17, 15) is 22.8 Å². The van der Waals surface area contributed by atoms with Crippen molar-refractivity contribution in [1.82, 2.24) is 10.2 Å². The first-order chi connectivity index (χ1) is 13.3. The maximum absolute atomic E-state index is 13.0. The Labute approximate surface area is 162 Å². The summed E-state index contributed by atoms with van der Waals surface area (Å²) in [7, 11) is 0. The van der Waals surface area contributed by atoms with Crippen molar-refractivity contribution in [2.24, 2.45) is 11.3 Å². The fourth-order valence-electron chi connectivity index (χ4n) is 4.42. The van der Waals surface area contributed by atoms with E-state index in [1.807, 2.05) is 0 Å². The summed E-state index contributed by atoms with van der Waals surface area (Å²) in [6.07, 6.45) is -0.856. The molecular formula is C20H26F3N3O2. The molecule has 0 unspecified atom stereocenters. The Bertz CT molecular complexity index is 738. The van der Waals surface area contributed by atoms with Gasteiger partial charge in [-0.25, -0.2) is 0 Å². The first-order valence-electron chi connectivity index (χ1n) is 9.73. The van der Waals surface area contributed by atoms with Gasteiger partial charge in [0.25, 0.3) is 0 Å². The molecule has 154 valence electrons. The highest BCUT2D eigenvalue weighted by Crippen LogP contribution is 2.44. The lowest BCUT2D eigenvalue weighted by molar-refractivity contribution is -0.185. The lowest BCUT2D eigenvalue weighted by atomic mass is 9.67. The number of nitrogens with zero attached hydrogens (tertiary/aromatic N) is 1. The molecule has 2 fully saturated rings. The van der Waals surface area contributed by atoms with E-state index in [2.05, 4.69) is 10.6 Å². The lowest BCUT2D eigenvalue weighted by Gasteiger charge is -2.37. The third-order valence-corrected chi connectivity index (χ3v) is 5.96. The SMILES string of the molecule is CCN(Cc1cccc(NC(=O)[C@@]23CCCC[C@H]2CNC3)c1)C(=O)C(F)(F)F. The highest BCUT2D eigenvalue weighted by atomic mass is 19.4. The van der Waals surface area contributed by atoms with Crippen LogP contribution in [0.4, 0.5) is 18.9 Å². The topological polar surface area (TPSA) is 61.4 Å². The number of carbonyl (C=O) groups excluding carboxylic acids is 2. The van der Waals surface area contributed by atoms with Crippen molar-refractivity contribution in [3.05, 3.63) is 29.8 Å². The van der Waals surface area contributed by atoms with Crippen molar-refractivity contribution in [1.29, 1.82) is 0 Å². The molecule has 1 saturated heterocycles. The van der Waals surface area contributed by atoms with Gasteiger partial charge >= 0.3 is 12.1 Å². The summed E-state index contributed by atoms with van der Waals surface area (Å²) in [5.41, 5.74) is 0.679. The predicted molar refractivity (Wildman–Crippen MR) is 99.5 cm³/mol. The van der Waals surface area contributed by atoms with Crippen molar-refractivity contribution in [2.75, 3.05) is 25.0 Å². The number of halogens is 3. The Morgan fingerprint density at radius 2 is 2.11 bits per heavy atom. The van der Waals surface area contributed by atoms with E-state index in [0.29, 0.717) is 23.7 Å². The molecule has 28 heavy (non-hydrogen) atoms. The molecule has 1 aromatic rings. The number of nitrogens with one attached hydrogen (secondary N) is 2. The summed E-state index contributed by atoms with van der Waals surface area (Å²) in [5, 5.41) is 6.29. The summed E-state index contributed by atoms with van der Waals surface area (Å²) in [5.74, 6) is -1.56. The van der Waals surface area contributed by atoms with Crippen LogP contribution in [0.1, 0.15) is 38.2 Å². The standard InChI is InChI=1S/C20H26F3N3O2/c1-2-26(18(28)20(21,22)23)12-14-6-5-8-16(10-14)25-17(27)19-9-4-3-7-15(19)11-24-13-19/h5-6,8,10,15,24H,2-4,7,9,11-13H2,1H3,(H,25,27)/t15-,19+/m0/s1. The second-order valence-electron chi connectivity index (χ2n) is 7.70. The van der Waals surface area contributed by atoms with Crippen LogP contribution in [0.25, 0.3) is 0 Å². The van der Waals surface area contributed by atoms with Gasteiger partial charge in [-0.3, -0.25) is 9.59 Å². The number of benzene rings is 1. The molecule has 2 atom stereocenters. The minimum Gasteiger partial charge on any atom is -0.331 e. The lowest BCUT2D eigenvalue weighted by Crippen LogP contribution is -2.44. The molecule has 1 saturated carbocycles. The Balaban J connectivity index is 1.71. The van der Waals surface area contributed by atoms with Gasteiger partial charge in [-0.2, -0.15) is 13.2 Å². The van der Waals surface area contributed by atoms with Gasteiger partial charge in [0.05, 0.1) is 5.41 Å². The number of hydrogen-bond acceptors (Lipinski definition) is 3. The maximum atomic E-state index is 13.0. The van der Waals surface area contributed by atoms with Crippen LogP contribution in [0.3, 0.4) is 0 Å². The number of fused-ring (bicyclic) bond motifs is 1. The van der Waals surface area contributed by atoms with E-state index in [-0.39, 0.29) is 19.0 Å². The Morgan fingerprint density at radius 3 is 2.82 bits per heavy atom. The van der Waals surface area contributed by atoms with E-state index in [1.54, 1.807) is 24.3 Å². The quantitative estimate of drug-likeness (QED) is 0.801. The van der Waals surface area contributed by atoms with Crippen molar-refractivity contribution >= 4 is 17.5 Å². The molecule has 1 aliphatic heterocycles. The number of hydrogen-bond donors (Lipinski definition) is 2. The van der Waals surface area contributed by atoms with E-state index in [0.717, 1.165) is 37.1 Å². The van der Waals surface area contributed by atoms with Crippen LogP contribution in [0.15, 0.2) is 24.3 Å². The number of amides is 2. The van der Waals surface area contributed by atoms with Gasteiger partial charge in [-0.15, -0.1) is 0 Å². The molecule has 2 N–H and O–H groups in total. The highest BCUT2D eigenvalue weighted by molar-refractivity contribution is 5.96. The molecule has 0 radical (unpaired) electrons. The molecule has 0 spiro atoms. The second-order valence-corrected chi connectivity index (χ2v) is 7.70. The first kappa shape index (κ1) is 20.6. The maximum Gasteiger partial charge on any atom is 0.471 e. The van der Waals surface area contributed by atoms with Gasteiger partial charge in [0, 0.05) is 25.3 Å². The monoisotopic (exact) mass is 397 g/mol. The Kier molecular flexibility index (Phi) is 5.98. The van der Waals surface area contributed by atoms with E-state index >= 15 is 0 Å². The summed E-state index contributed by atoms with van der Waals surface area (Å²) < 4.78 is 38.1. The number of anilines is 1. The average Bonchev–Trinajstić information content (AvgIpc) is 3.10. The van der Waals surface area contributed by atoms with Crippen LogP contribution >= 0.6 is 0 Å². The normalized spacial score (nSPS) is 24.5. The largest absolute Gasteiger partial charge is 0.471 e. The zero-order valence-corrected chi connectivity index (χ0v) is 15.9. The molecule has 8 heteroatoms. The van der Waals surface area contributed by atoms with Crippen molar-refractivity contribution in [2.45, 2.75) is 45.3 Å². The molecule has 2 aliphatic rings. The molecule has 0 aromatic heterocycles. The summed E-state index contributed by atoms with van der Waals surface area (Å²) >= 11 is 0. The van der Waals surface area contributed by atoms with Crippen LogP contribution in [-0.4, -0.2) is 42.5 Å². The highest BCUT2D eigenvalue weighted by Gasteiger charge is 2.49. The average molecular weight is 397 g/mol. The molecule has 1 aromatic carbocycles. The Hall–Kier alpha value is -2.09. The smallest absolute Gasteiger partial charge is 0.331 e. The summed E-state index contributed by atoms with van der Waals surface area (Å²) in [6.45, 7) is 2.80. The molecule has 5 nitrogen and oxygen atoms in total. The molecule has 1 aliphatic carbocycles. The molecule has 2 amide bonds. The van der Waals surface area contributed by atoms with Gasteiger partial charge in [-0.05, 0) is 49.9 Å². The van der Waals surface area contributed by atoms with E-state index in [4.69, 9.17) is 0 Å². The predicted octanol–water partition coefficient (Wildman–Crippen LogP) is 3.32. The molecule has 0 bridgehead atoms. The van der Waals surface area contributed by atoms with E-state index < -0.39 is 17.5 Å². The third-order valence-electron chi connectivity index (χ3n) is 5.96. The van der Waals surface area contributed by atoms with Crippen LogP contribution in [0.5, 0.6) is 0 Å². The van der Waals surface area contributed by atoms with Crippen LogP contribution < -0.4 is 10.6 Å². The van der Waals surface area contributed by atoms with Crippen LogP contribution in [0.2, 0.25) is 0 Å². The summed E-state index contributed by atoms with van der Waals surface area (Å²) in [4.78, 5) is 25.3. The van der Waals surface area contributed by atoms with Crippen LogP contribution in [0, 0.1) is 11.3 Å². The van der Waals surface area contributed by atoms with Gasteiger partial charge in [0.15, 0.2) is 0 Å². The number of carbonyl (C=O) groups is 2. The third kappa shape index (κ3) is 4.16. The van der Waals surface area contributed by atoms with E-state index in [1.165, 1.54) is 6.92 Å². The van der Waals surface area contributed by atoms with Crippen molar-refractivity contribution < 1.29 is 22.8 Å². The zero-order valence-electron chi connectivity index (χ0n) is 15.9. The van der Waals surface area contributed by atoms with Crippen molar-refractivity contribution in [3.63, 3.8) is 0 Å². The molecule has 1 heterocycles. The second kappa shape index (κ2) is 8.11. The van der Waals surface area contributed by atoms with Gasteiger partial charge in [0.1, 0.15) is 0 Å². The summed E-state index contributed by atoms with van der Waals surface area (Å²) in [6, 6.07) is 6.70. The molecule has 3 rings (SSSR count). The van der Waals surface area contributed by atoms with Gasteiger partial charge in [-0.1, -0.05) is 25.0 Å². The van der Waals surface area contributed by atoms with Crippen molar-refractivity contribution in [3.8, 4) is 0 Å². The minimum absolute atomic E-state index is 0.0296. The number of rotatable bonds is 5. The van der Waals surface area contributed by atoms with Gasteiger partial charge in [0.2, 0.25) is 5.91 Å².